The Balaban J connectivity index is 2.12. The minimum Gasteiger partial charge on any atom is -0.198 e. The number of nitrogens with zero attached hydrogens (tertiary/aromatic N) is 1. The summed E-state index contributed by atoms with van der Waals surface area (Å²) < 4.78 is 0. The van der Waals surface area contributed by atoms with Gasteiger partial charge >= 0.3 is 0 Å². The molecule has 176 valence electrons. The molecule has 1 aliphatic rings. The fraction of sp³-hybridized carbons (Fsp3) is 0.966. The first-order valence-corrected chi connectivity index (χ1v) is 14.3. The molecular weight excluding hydrogens is 362 g/mol. The third kappa shape index (κ3) is 19.5. The maximum absolute atomic E-state index is 9.42. The van der Waals surface area contributed by atoms with Crippen molar-refractivity contribution in [1.82, 2.24) is 0 Å². The first-order chi connectivity index (χ1) is 14.9. The molecule has 0 aromatic rings. The highest BCUT2D eigenvalue weighted by atomic mass is 14.3. The van der Waals surface area contributed by atoms with Gasteiger partial charge in [-0.3, -0.25) is 0 Å². The van der Waals surface area contributed by atoms with Gasteiger partial charge in [0.25, 0.3) is 0 Å². The van der Waals surface area contributed by atoms with Crippen LogP contribution in [0, 0.1) is 17.2 Å². The molecule has 0 spiro atoms. The molecule has 1 nitrogen and oxygen atoms in total. The lowest BCUT2D eigenvalue weighted by atomic mass is 9.95. The molecule has 0 N–H and O–H groups in total. The molecule has 30 heavy (non-hydrogen) atoms. The monoisotopic (exact) mass is 417 g/mol. The van der Waals surface area contributed by atoms with Crippen LogP contribution < -0.4 is 0 Å². The summed E-state index contributed by atoms with van der Waals surface area (Å²) in [5.74, 6) is 0.330. The van der Waals surface area contributed by atoms with Crippen LogP contribution in [0.2, 0.25) is 0 Å². The Hall–Kier alpha value is -0.510. The van der Waals surface area contributed by atoms with Crippen LogP contribution in [0.3, 0.4) is 0 Å². The van der Waals surface area contributed by atoms with E-state index in [1.54, 1.807) is 0 Å². The average Bonchev–Trinajstić information content (AvgIpc) is 2.76. The topological polar surface area (TPSA) is 23.8 Å². The smallest absolute Gasteiger partial charge is 0.0655 e. The van der Waals surface area contributed by atoms with Crippen LogP contribution in [0.4, 0.5) is 0 Å². The van der Waals surface area contributed by atoms with Crippen molar-refractivity contribution in [3.05, 3.63) is 0 Å². The third-order valence-corrected chi connectivity index (χ3v) is 7.29. The van der Waals surface area contributed by atoms with Crippen LogP contribution in [0.15, 0.2) is 0 Å². The van der Waals surface area contributed by atoms with Gasteiger partial charge in [-0.2, -0.15) is 5.26 Å². The maximum atomic E-state index is 9.42. The zero-order valence-corrected chi connectivity index (χ0v) is 20.6. The molecule has 0 radical (unpaired) electrons. The van der Waals surface area contributed by atoms with Crippen molar-refractivity contribution < 1.29 is 0 Å². The SMILES string of the molecule is N#CC1CCCCCCCCCCCCCCCCCCCCCCCCCCC1. The summed E-state index contributed by atoms with van der Waals surface area (Å²) in [6.45, 7) is 0. The molecule has 0 aromatic carbocycles. The number of hydrogen-bond acceptors (Lipinski definition) is 1. The van der Waals surface area contributed by atoms with Crippen molar-refractivity contribution in [3.8, 4) is 6.07 Å². The average molecular weight is 418 g/mol. The summed E-state index contributed by atoms with van der Waals surface area (Å²) in [5.41, 5.74) is 0. The second-order valence-electron chi connectivity index (χ2n) is 10.2. The van der Waals surface area contributed by atoms with Crippen molar-refractivity contribution >= 4 is 0 Å². The summed E-state index contributed by atoms with van der Waals surface area (Å²) in [6.07, 6.45) is 38.0. The minimum absolute atomic E-state index is 0.330. The van der Waals surface area contributed by atoms with E-state index in [2.05, 4.69) is 6.07 Å². The predicted octanol–water partition coefficient (Wildman–Crippen LogP) is 10.7. The quantitative estimate of drug-likeness (QED) is 0.384. The molecule has 1 aliphatic carbocycles. The van der Waals surface area contributed by atoms with Gasteiger partial charge in [0.2, 0.25) is 0 Å². The molecule has 0 atom stereocenters. The van der Waals surface area contributed by atoms with Crippen LogP contribution in [-0.4, -0.2) is 0 Å². The van der Waals surface area contributed by atoms with Gasteiger partial charge in [0, 0.05) is 5.92 Å². The van der Waals surface area contributed by atoms with Gasteiger partial charge in [-0.05, 0) is 12.8 Å². The van der Waals surface area contributed by atoms with Crippen LogP contribution in [0.5, 0.6) is 0 Å². The molecular formula is C29H55N. The highest BCUT2D eigenvalue weighted by Gasteiger charge is 2.07. The van der Waals surface area contributed by atoms with Gasteiger partial charge in [-0.1, -0.05) is 161 Å². The molecule has 1 saturated carbocycles. The van der Waals surface area contributed by atoms with E-state index in [1.807, 2.05) is 0 Å². The fourth-order valence-electron chi connectivity index (χ4n) is 5.12. The Bertz CT molecular complexity index is 341. The molecule has 0 heterocycles. The van der Waals surface area contributed by atoms with Crippen molar-refractivity contribution in [1.29, 1.82) is 5.26 Å². The zero-order chi connectivity index (χ0) is 21.4. The molecule has 0 saturated heterocycles. The van der Waals surface area contributed by atoms with E-state index < -0.39 is 0 Å². The molecule has 0 unspecified atom stereocenters. The van der Waals surface area contributed by atoms with E-state index in [0.29, 0.717) is 5.92 Å². The second-order valence-corrected chi connectivity index (χ2v) is 10.2. The lowest BCUT2D eigenvalue weighted by Gasteiger charge is -2.09. The van der Waals surface area contributed by atoms with E-state index in [0.717, 1.165) is 12.8 Å². The van der Waals surface area contributed by atoms with Gasteiger partial charge in [0.05, 0.1) is 6.07 Å². The second kappa shape index (κ2) is 23.2. The standard InChI is InChI=1S/C29H55N/c30-28-29-26-24-22-20-18-16-14-12-10-8-6-4-2-1-3-5-7-9-11-13-15-17-19-21-23-25-27-29/h29H,1-27H2. The van der Waals surface area contributed by atoms with E-state index in [4.69, 9.17) is 0 Å². The summed E-state index contributed by atoms with van der Waals surface area (Å²) in [5, 5.41) is 9.42. The van der Waals surface area contributed by atoms with Crippen molar-refractivity contribution in [2.45, 2.75) is 173 Å². The molecule has 0 aromatic heterocycles. The largest absolute Gasteiger partial charge is 0.198 e. The Morgan fingerprint density at radius 3 is 0.633 bits per heavy atom. The fourth-order valence-corrected chi connectivity index (χ4v) is 5.12. The van der Waals surface area contributed by atoms with Crippen LogP contribution in [0.1, 0.15) is 173 Å². The zero-order valence-electron chi connectivity index (χ0n) is 20.6. The first-order valence-electron chi connectivity index (χ1n) is 14.3. The Kier molecular flexibility index (Phi) is 21.2. The molecule has 0 amide bonds. The maximum Gasteiger partial charge on any atom is 0.0655 e. The Labute approximate surface area is 190 Å². The van der Waals surface area contributed by atoms with Crippen LogP contribution >= 0.6 is 0 Å². The molecule has 0 aliphatic heterocycles. The van der Waals surface area contributed by atoms with Gasteiger partial charge in [-0.25, -0.2) is 0 Å². The summed E-state index contributed by atoms with van der Waals surface area (Å²) in [4.78, 5) is 0. The summed E-state index contributed by atoms with van der Waals surface area (Å²) >= 11 is 0. The van der Waals surface area contributed by atoms with E-state index in [9.17, 15) is 5.26 Å². The van der Waals surface area contributed by atoms with Crippen LogP contribution in [-0.2, 0) is 0 Å². The summed E-state index contributed by atoms with van der Waals surface area (Å²) in [6, 6.07) is 2.58. The Morgan fingerprint density at radius 2 is 0.467 bits per heavy atom. The predicted molar refractivity (Wildman–Crippen MR) is 134 cm³/mol. The van der Waals surface area contributed by atoms with Crippen molar-refractivity contribution in [2.75, 3.05) is 0 Å². The van der Waals surface area contributed by atoms with Crippen LogP contribution in [0.25, 0.3) is 0 Å². The van der Waals surface area contributed by atoms with Gasteiger partial charge in [0.1, 0.15) is 0 Å². The minimum atomic E-state index is 0.330. The third-order valence-electron chi connectivity index (χ3n) is 7.29. The van der Waals surface area contributed by atoms with E-state index in [1.165, 1.54) is 161 Å². The summed E-state index contributed by atoms with van der Waals surface area (Å²) in [7, 11) is 0. The number of nitriles is 1. The number of hydrogen-bond donors (Lipinski definition) is 0. The molecule has 0 bridgehead atoms. The van der Waals surface area contributed by atoms with E-state index in [-0.39, 0.29) is 0 Å². The van der Waals surface area contributed by atoms with Gasteiger partial charge in [0.15, 0.2) is 0 Å². The van der Waals surface area contributed by atoms with Crippen molar-refractivity contribution in [2.24, 2.45) is 5.92 Å². The lowest BCUT2D eigenvalue weighted by Crippen LogP contribution is -1.97. The first kappa shape index (κ1) is 27.5. The molecule has 1 rings (SSSR count). The van der Waals surface area contributed by atoms with E-state index >= 15 is 0 Å². The highest BCUT2D eigenvalue weighted by molar-refractivity contribution is 4.82. The Morgan fingerprint density at radius 1 is 0.300 bits per heavy atom. The van der Waals surface area contributed by atoms with Gasteiger partial charge in [-0.15, -0.1) is 0 Å². The van der Waals surface area contributed by atoms with Crippen molar-refractivity contribution in [3.63, 3.8) is 0 Å². The van der Waals surface area contributed by atoms with Gasteiger partial charge < -0.3 is 0 Å². The highest BCUT2D eigenvalue weighted by Crippen LogP contribution is 2.20. The molecule has 1 fully saturated rings. The molecule has 1 heteroatoms. The normalized spacial score (nSPS) is 23.6. The number of rotatable bonds is 0. The lowest BCUT2D eigenvalue weighted by molar-refractivity contribution is 0.466.